The Morgan fingerprint density at radius 3 is 3.00 bits per heavy atom. The monoisotopic (exact) mass is 378 g/mol. The number of benzene rings is 1. The molecular formula is C18H16Cl2N2OS. The third-order valence-corrected chi connectivity index (χ3v) is 6.67. The Hall–Kier alpha value is -0.810. The number of thioether (sulfide) groups is 1. The summed E-state index contributed by atoms with van der Waals surface area (Å²) in [6.45, 7) is 0.464. The van der Waals surface area contributed by atoms with E-state index in [1.165, 1.54) is 29.3 Å². The summed E-state index contributed by atoms with van der Waals surface area (Å²) in [7, 11) is 0. The quantitative estimate of drug-likeness (QED) is 0.398. The van der Waals surface area contributed by atoms with Crippen LogP contribution in [-0.4, -0.2) is 16.2 Å². The first kappa shape index (κ1) is 15.4. The summed E-state index contributed by atoms with van der Waals surface area (Å²) in [5, 5.41) is 2.01. The van der Waals surface area contributed by atoms with E-state index in [1.807, 2.05) is 12.3 Å². The third kappa shape index (κ3) is 2.23. The fourth-order valence-corrected chi connectivity index (χ4v) is 5.18. The molecule has 0 amide bonds. The zero-order chi connectivity index (χ0) is 16.5. The highest BCUT2D eigenvalue weighted by atomic mass is 35.5. The molecule has 2 heterocycles. The Morgan fingerprint density at radius 2 is 2.17 bits per heavy atom. The molecule has 0 unspecified atom stereocenters. The molecule has 2 aromatic rings. The second-order valence-corrected chi connectivity index (χ2v) is 8.49. The van der Waals surface area contributed by atoms with Gasteiger partial charge in [0.05, 0.1) is 17.9 Å². The topological polar surface area (TPSA) is 35.0 Å². The van der Waals surface area contributed by atoms with Gasteiger partial charge < -0.3 is 4.74 Å². The summed E-state index contributed by atoms with van der Waals surface area (Å²) in [5.41, 5.74) is 4.29. The van der Waals surface area contributed by atoms with E-state index in [0.29, 0.717) is 17.7 Å². The molecule has 3 atom stereocenters. The maximum atomic E-state index is 6.44. The van der Waals surface area contributed by atoms with E-state index in [2.05, 4.69) is 17.1 Å². The second kappa shape index (κ2) is 5.34. The molecule has 0 radical (unpaired) electrons. The van der Waals surface area contributed by atoms with Gasteiger partial charge in [0.15, 0.2) is 5.16 Å². The van der Waals surface area contributed by atoms with E-state index in [0.717, 1.165) is 40.2 Å². The number of hydrogen-bond acceptors (Lipinski definition) is 4. The predicted octanol–water partition coefficient (Wildman–Crippen LogP) is 4.98. The van der Waals surface area contributed by atoms with Crippen LogP contribution in [0.25, 0.3) is 0 Å². The molecule has 1 aliphatic heterocycles. The van der Waals surface area contributed by atoms with E-state index in [9.17, 15) is 0 Å². The zero-order valence-corrected chi connectivity index (χ0v) is 15.5. The van der Waals surface area contributed by atoms with Crippen LogP contribution >= 0.6 is 35.0 Å². The highest BCUT2D eigenvalue weighted by Crippen LogP contribution is 2.62. The van der Waals surface area contributed by atoms with E-state index in [1.54, 1.807) is 0 Å². The Bertz CT molecular complexity index is 859. The summed E-state index contributed by atoms with van der Waals surface area (Å²) >= 11 is 14.2. The fraction of sp³-hybridized carbons (Fsp3) is 0.444. The molecule has 0 saturated heterocycles. The van der Waals surface area contributed by atoms with Gasteiger partial charge in [0.2, 0.25) is 0 Å². The lowest BCUT2D eigenvalue weighted by molar-refractivity contribution is -0.0877. The molecule has 1 spiro atoms. The molecule has 124 valence electrons. The van der Waals surface area contributed by atoms with Crippen LogP contribution in [0.2, 0.25) is 10.2 Å². The average Bonchev–Trinajstić information content (AvgIpc) is 3.33. The molecule has 3 nitrogen and oxygen atoms in total. The number of ether oxygens (including phenoxy) is 1. The Kier molecular flexibility index (Phi) is 3.44. The van der Waals surface area contributed by atoms with Crippen molar-refractivity contribution < 1.29 is 4.74 Å². The lowest BCUT2D eigenvalue weighted by atomic mass is 9.75. The highest BCUT2D eigenvalue weighted by molar-refractivity contribution is 7.98. The van der Waals surface area contributed by atoms with Gasteiger partial charge >= 0.3 is 0 Å². The van der Waals surface area contributed by atoms with Gasteiger partial charge in [-0.05, 0) is 54.2 Å². The average molecular weight is 379 g/mol. The maximum Gasteiger partial charge on any atom is 0.188 e. The van der Waals surface area contributed by atoms with E-state index in [4.69, 9.17) is 32.9 Å². The molecule has 3 aliphatic rings. The van der Waals surface area contributed by atoms with Crippen LogP contribution < -0.4 is 0 Å². The summed E-state index contributed by atoms with van der Waals surface area (Å²) in [5.74, 6) is 1.40. The minimum Gasteiger partial charge on any atom is -0.365 e. The van der Waals surface area contributed by atoms with Crippen LogP contribution in [-0.2, 0) is 23.4 Å². The minimum absolute atomic E-state index is 0.321. The van der Waals surface area contributed by atoms with Crippen molar-refractivity contribution in [2.75, 3.05) is 6.26 Å². The normalized spacial score (nSPS) is 29.8. The minimum atomic E-state index is -0.321. The van der Waals surface area contributed by atoms with Gasteiger partial charge in [0, 0.05) is 17.0 Å². The smallest absolute Gasteiger partial charge is 0.188 e. The molecule has 1 fully saturated rings. The summed E-state index contributed by atoms with van der Waals surface area (Å²) in [6, 6.07) is 6.27. The largest absolute Gasteiger partial charge is 0.365 e. The van der Waals surface area contributed by atoms with Crippen molar-refractivity contribution in [3.05, 3.63) is 50.8 Å². The van der Waals surface area contributed by atoms with E-state index >= 15 is 0 Å². The Labute approximate surface area is 155 Å². The van der Waals surface area contributed by atoms with E-state index < -0.39 is 0 Å². The van der Waals surface area contributed by atoms with Gasteiger partial charge in [-0.15, -0.1) is 0 Å². The molecule has 6 heteroatoms. The first-order valence-corrected chi connectivity index (χ1v) is 10.1. The fourth-order valence-electron chi connectivity index (χ4n) is 4.33. The number of rotatable bonds is 1. The molecule has 0 N–H and O–H groups in total. The molecule has 5 rings (SSSR count). The molecule has 1 aromatic carbocycles. The molecular weight excluding hydrogens is 363 g/mol. The van der Waals surface area contributed by atoms with Crippen LogP contribution in [0.15, 0.2) is 23.4 Å². The second-order valence-electron chi connectivity index (χ2n) is 6.92. The number of fused-ring (bicyclic) bond motifs is 5. The van der Waals surface area contributed by atoms with Crippen molar-refractivity contribution >= 4 is 35.0 Å². The molecule has 1 saturated carbocycles. The Balaban J connectivity index is 1.64. The SMILES string of the molecule is CSc1nc(Cl)c2c(n1)C[C@@]1(C[C@@H]3C[C@@H]3c3ccc(Cl)cc31)OC2. The van der Waals surface area contributed by atoms with Gasteiger partial charge in [-0.2, -0.15) is 0 Å². The van der Waals surface area contributed by atoms with E-state index in [-0.39, 0.29) is 5.60 Å². The van der Waals surface area contributed by atoms with Crippen molar-refractivity contribution in [1.82, 2.24) is 9.97 Å². The van der Waals surface area contributed by atoms with Crippen LogP contribution in [0, 0.1) is 5.92 Å². The Morgan fingerprint density at radius 1 is 1.29 bits per heavy atom. The number of halogens is 2. The van der Waals surface area contributed by atoms with Crippen LogP contribution in [0.1, 0.15) is 41.1 Å². The molecule has 24 heavy (non-hydrogen) atoms. The molecule has 1 aromatic heterocycles. The van der Waals surface area contributed by atoms with Crippen molar-refractivity contribution in [3.63, 3.8) is 0 Å². The zero-order valence-electron chi connectivity index (χ0n) is 13.2. The number of aromatic nitrogens is 2. The molecule has 0 bridgehead atoms. The van der Waals surface area contributed by atoms with Gasteiger partial charge in [-0.1, -0.05) is 41.0 Å². The van der Waals surface area contributed by atoms with Crippen molar-refractivity contribution in [3.8, 4) is 0 Å². The van der Waals surface area contributed by atoms with Crippen molar-refractivity contribution in [1.29, 1.82) is 0 Å². The number of hydrogen-bond donors (Lipinski definition) is 0. The van der Waals surface area contributed by atoms with Crippen LogP contribution in [0.5, 0.6) is 0 Å². The lowest BCUT2D eigenvalue weighted by Crippen LogP contribution is -2.40. The summed E-state index contributed by atoms with van der Waals surface area (Å²) in [4.78, 5) is 9.07. The highest BCUT2D eigenvalue weighted by Gasteiger charge is 2.54. The standard InChI is InChI=1S/C18H16Cl2N2OS/c1-24-17-21-15-7-18(23-8-13(15)16(20)22-17)6-9-4-12(9)11-3-2-10(19)5-14(11)18/h2-3,5,9,12H,4,6-8H2,1H3/t9-,12-,18+/m0/s1. The molecule has 2 aliphatic carbocycles. The van der Waals surface area contributed by atoms with Crippen LogP contribution in [0.3, 0.4) is 0 Å². The van der Waals surface area contributed by atoms with Gasteiger partial charge in [0.1, 0.15) is 5.15 Å². The third-order valence-electron chi connectivity index (χ3n) is 5.57. The lowest BCUT2D eigenvalue weighted by Gasteiger charge is -2.42. The number of nitrogens with zero attached hydrogens (tertiary/aromatic N) is 2. The maximum absolute atomic E-state index is 6.44. The predicted molar refractivity (Wildman–Crippen MR) is 95.9 cm³/mol. The van der Waals surface area contributed by atoms with Crippen molar-refractivity contribution in [2.45, 2.75) is 42.5 Å². The summed E-state index contributed by atoms with van der Waals surface area (Å²) < 4.78 is 6.44. The van der Waals surface area contributed by atoms with Crippen molar-refractivity contribution in [2.24, 2.45) is 5.92 Å². The van der Waals surface area contributed by atoms with Crippen LogP contribution in [0.4, 0.5) is 0 Å². The van der Waals surface area contributed by atoms with Gasteiger partial charge in [-0.25, -0.2) is 9.97 Å². The van der Waals surface area contributed by atoms with Gasteiger partial charge in [-0.3, -0.25) is 0 Å². The van der Waals surface area contributed by atoms with Gasteiger partial charge in [0.25, 0.3) is 0 Å². The summed E-state index contributed by atoms with van der Waals surface area (Å²) in [6.07, 6.45) is 5.01. The first-order chi connectivity index (χ1) is 11.6. The first-order valence-electron chi connectivity index (χ1n) is 8.13.